The number of nitrogen functional groups attached to an aromatic ring is 1. The molecule has 0 aliphatic rings. The third-order valence-electron chi connectivity index (χ3n) is 3.80. The second-order valence-corrected chi connectivity index (χ2v) is 7.61. The Morgan fingerprint density at radius 3 is 2.10 bits per heavy atom. The minimum absolute atomic E-state index is 0.0806. The van der Waals surface area contributed by atoms with Crippen LogP contribution in [0.3, 0.4) is 0 Å². The highest BCUT2D eigenvalue weighted by atomic mass is 32.2. The second kappa shape index (κ2) is 7.98. The first kappa shape index (κ1) is 19.8. The van der Waals surface area contributed by atoms with Gasteiger partial charge in [0, 0.05) is 11.4 Å². The minimum atomic E-state index is -3.75. The molecular weight excluding hydrogens is 396 g/mol. The first-order valence-corrected chi connectivity index (χ1v) is 9.69. The van der Waals surface area contributed by atoms with E-state index >= 15 is 0 Å². The van der Waals surface area contributed by atoms with Crippen LogP contribution in [-0.4, -0.2) is 24.6 Å². The summed E-state index contributed by atoms with van der Waals surface area (Å²) in [4.78, 5) is 11.1. The molecule has 148 valence electrons. The van der Waals surface area contributed by atoms with Gasteiger partial charge in [0.05, 0.1) is 16.3 Å². The Bertz CT molecular complexity index is 1170. The number of benzene rings is 3. The number of hydrogen-bond acceptors (Lipinski definition) is 7. The fourth-order valence-electron chi connectivity index (χ4n) is 2.33. The molecule has 0 aliphatic heterocycles. The fourth-order valence-corrected chi connectivity index (χ4v) is 3.39. The zero-order valence-electron chi connectivity index (χ0n) is 14.9. The number of aromatic carboxylic acids is 1. The van der Waals surface area contributed by atoms with Crippen molar-refractivity contribution in [3.63, 3.8) is 0 Å². The average molecular weight is 412 g/mol. The van der Waals surface area contributed by atoms with Gasteiger partial charge in [-0.3, -0.25) is 4.72 Å². The van der Waals surface area contributed by atoms with Crippen LogP contribution in [0.25, 0.3) is 0 Å². The third kappa shape index (κ3) is 4.87. The number of azo groups is 1. The van der Waals surface area contributed by atoms with Crippen LogP contribution in [0.4, 0.5) is 22.7 Å². The summed E-state index contributed by atoms with van der Waals surface area (Å²) in [6.07, 6.45) is 0. The molecule has 0 amide bonds. The number of nitrogens with zero attached hydrogens (tertiary/aromatic N) is 2. The van der Waals surface area contributed by atoms with Crippen LogP contribution >= 0.6 is 0 Å². The van der Waals surface area contributed by atoms with Gasteiger partial charge >= 0.3 is 5.97 Å². The smallest absolute Gasteiger partial charge is 0.339 e. The number of sulfonamides is 1. The molecule has 0 aliphatic carbocycles. The van der Waals surface area contributed by atoms with E-state index in [-0.39, 0.29) is 21.9 Å². The molecule has 29 heavy (non-hydrogen) atoms. The second-order valence-electron chi connectivity index (χ2n) is 5.93. The zero-order chi connectivity index (χ0) is 21.0. The normalized spacial score (nSPS) is 11.4. The van der Waals surface area contributed by atoms with E-state index in [2.05, 4.69) is 15.0 Å². The topological polar surface area (TPSA) is 154 Å². The highest BCUT2D eigenvalue weighted by Gasteiger charge is 2.14. The van der Waals surface area contributed by atoms with Crippen molar-refractivity contribution in [1.82, 2.24) is 0 Å². The maximum Gasteiger partial charge on any atom is 0.339 e. The molecule has 0 saturated carbocycles. The lowest BCUT2D eigenvalue weighted by Gasteiger charge is -2.08. The van der Waals surface area contributed by atoms with Gasteiger partial charge in [-0.15, -0.1) is 0 Å². The Morgan fingerprint density at radius 1 is 0.897 bits per heavy atom. The molecule has 0 heterocycles. The molecule has 0 saturated heterocycles. The maximum absolute atomic E-state index is 12.4. The number of carboxylic acid groups (broad SMARTS) is 1. The number of carboxylic acids is 1. The molecule has 10 heteroatoms. The van der Waals surface area contributed by atoms with E-state index in [0.717, 1.165) is 0 Å². The maximum atomic E-state index is 12.4. The van der Waals surface area contributed by atoms with Gasteiger partial charge in [-0.05, 0) is 66.7 Å². The van der Waals surface area contributed by atoms with Crippen molar-refractivity contribution < 1.29 is 23.4 Å². The summed E-state index contributed by atoms with van der Waals surface area (Å²) in [7, 11) is -3.75. The highest BCUT2D eigenvalue weighted by molar-refractivity contribution is 7.92. The molecule has 3 rings (SSSR count). The van der Waals surface area contributed by atoms with Crippen molar-refractivity contribution in [2.75, 3.05) is 10.5 Å². The van der Waals surface area contributed by atoms with Gasteiger partial charge in [0.2, 0.25) is 0 Å². The molecule has 0 unspecified atom stereocenters. The first-order chi connectivity index (χ1) is 13.7. The standard InChI is InChI=1S/C19H16N4O5S/c20-12-1-8-16(9-2-12)29(27,28)23-14-5-3-13(4-6-14)21-22-15-7-10-18(24)17(11-15)19(25)26/h1-11,23-24H,20H2,(H,25,26). The van der Waals surface area contributed by atoms with Gasteiger partial charge in [0.25, 0.3) is 10.0 Å². The Balaban J connectivity index is 1.73. The number of nitrogens with two attached hydrogens (primary N) is 1. The van der Waals surface area contributed by atoms with Gasteiger partial charge in [-0.1, -0.05) is 0 Å². The molecule has 0 aromatic heterocycles. The van der Waals surface area contributed by atoms with Crippen LogP contribution in [0.1, 0.15) is 10.4 Å². The first-order valence-electron chi connectivity index (χ1n) is 8.21. The van der Waals surface area contributed by atoms with Crippen molar-refractivity contribution >= 4 is 38.7 Å². The molecular formula is C19H16N4O5S. The van der Waals surface area contributed by atoms with E-state index < -0.39 is 16.0 Å². The molecule has 3 aromatic rings. The summed E-state index contributed by atoms with van der Waals surface area (Å²) < 4.78 is 27.2. The molecule has 9 nitrogen and oxygen atoms in total. The molecule has 0 spiro atoms. The van der Waals surface area contributed by atoms with E-state index in [9.17, 15) is 18.3 Å². The summed E-state index contributed by atoms with van der Waals surface area (Å²) in [5.41, 5.74) is 6.74. The molecule has 0 bridgehead atoms. The monoisotopic (exact) mass is 412 g/mol. The third-order valence-corrected chi connectivity index (χ3v) is 5.20. The van der Waals surface area contributed by atoms with Crippen LogP contribution in [0.15, 0.2) is 81.9 Å². The number of nitrogens with one attached hydrogen (secondary N) is 1. The predicted molar refractivity (Wildman–Crippen MR) is 107 cm³/mol. The SMILES string of the molecule is Nc1ccc(S(=O)(=O)Nc2ccc(N=Nc3ccc(O)c(C(=O)O)c3)cc2)cc1. The van der Waals surface area contributed by atoms with Crippen molar-refractivity contribution in [2.45, 2.75) is 4.90 Å². The molecule has 5 N–H and O–H groups in total. The quantitative estimate of drug-likeness (QED) is 0.356. The predicted octanol–water partition coefficient (Wildman–Crippen LogP) is 3.89. The van der Waals surface area contributed by atoms with E-state index in [0.29, 0.717) is 17.1 Å². The summed E-state index contributed by atoms with van der Waals surface area (Å²) in [6.45, 7) is 0. The van der Waals surface area contributed by atoms with Crippen molar-refractivity contribution in [3.8, 4) is 5.75 Å². The van der Waals surface area contributed by atoms with Crippen molar-refractivity contribution in [2.24, 2.45) is 10.2 Å². The van der Waals surface area contributed by atoms with Crippen molar-refractivity contribution in [3.05, 3.63) is 72.3 Å². The van der Waals surface area contributed by atoms with E-state index in [4.69, 9.17) is 10.8 Å². The van der Waals surface area contributed by atoms with Crippen LogP contribution in [-0.2, 0) is 10.0 Å². The van der Waals surface area contributed by atoms with Gasteiger partial charge < -0.3 is 15.9 Å². The van der Waals surface area contributed by atoms with E-state index in [1.165, 1.54) is 54.6 Å². The number of aromatic hydroxyl groups is 1. The number of phenols is 1. The molecule has 3 aromatic carbocycles. The lowest BCUT2D eigenvalue weighted by Crippen LogP contribution is -2.12. The van der Waals surface area contributed by atoms with E-state index in [1.54, 1.807) is 12.1 Å². The summed E-state index contributed by atoms with van der Waals surface area (Å²) in [5, 5.41) is 26.4. The lowest BCUT2D eigenvalue weighted by atomic mass is 10.2. The van der Waals surface area contributed by atoms with Gasteiger partial charge in [0.1, 0.15) is 11.3 Å². The van der Waals surface area contributed by atoms with Crippen molar-refractivity contribution in [1.29, 1.82) is 0 Å². The minimum Gasteiger partial charge on any atom is -0.507 e. The largest absolute Gasteiger partial charge is 0.507 e. The molecule has 0 fully saturated rings. The Hall–Kier alpha value is -3.92. The molecule has 0 radical (unpaired) electrons. The fraction of sp³-hybridized carbons (Fsp3) is 0. The highest BCUT2D eigenvalue weighted by Crippen LogP contribution is 2.26. The summed E-state index contributed by atoms with van der Waals surface area (Å²) >= 11 is 0. The zero-order valence-corrected chi connectivity index (χ0v) is 15.7. The number of carbonyl (C=O) groups is 1. The number of anilines is 2. The average Bonchev–Trinajstić information content (AvgIpc) is 2.68. The van der Waals surface area contributed by atoms with Crippen LogP contribution < -0.4 is 10.5 Å². The summed E-state index contributed by atoms with van der Waals surface area (Å²) in [5.74, 6) is -1.65. The number of hydrogen-bond donors (Lipinski definition) is 4. The van der Waals surface area contributed by atoms with Gasteiger partial charge in [0.15, 0.2) is 0 Å². The Kier molecular flexibility index (Phi) is 5.46. The lowest BCUT2D eigenvalue weighted by molar-refractivity contribution is 0.0693. The van der Waals surface area contributed by atoms with Crippen LogP contribution in [0.2, 0.25) is 0 Å². The van der Waals surface area contributed by atoms with Gasteiger partial charge in [-0.2, -0.15) is 10.2 Å². The molecule has 0 atom stereocenters. The van der Waals surface area contributed by atoms with Crippen LogP contribution in [0, 0.1) is 0 Å². The van der Waals surface area contributed by atoms with E-state index in [1.807, 2.05) is 0 Å². The Morgan fingerprint density at radius 2 is 1.48 bits per heavy atom. The summed E-state index contributed by atoms with van der Waals surface area (Å²) in [6, 6.07) is 15.8. The van der Waals surface area contributed by atoms with Gasteiger partial charge in [-0.25, -0.2) is 13.2 Å². The van der Waals surface area contributed by atoms with Crippen LogP contribution in [0.5, 0.6) is 5.75 Å². The number of rotatable bonds is 6. The Labute approximate surface area is 166 Å².